The SMILES string of the molecule is O=C(c1c(F)cc(F)cc1F)N1CCCCC1CCl. The molecule has 0 N–H and O–H groups in total. The van der Waals surface area contributed by atoms with Gasteiger partial charge >= 0.3 is 0 Å². The van der Waals surface area contributed by atoms with E-state index in [2.05, 4.69) is 0 Å². The normalized spacial score (nSPS) is 19.6. The third-order valence-electron chi connectivity index (χ3n) is 3.29. The molecule has 1 aromatic rings. The van der Waals surface area contributed by atoms with Crippen LogP contribution in [0.4, 0.5) is 13.2 Å². The summed E-state index contributed by atoms with van der Waals surface area (Å²) < 4.78 is 40.0. The number of rotatable bonds is 2. The number of nitrogens with zero attached hydrogens (tertiary/aromatic N) is 1. The molecule has 104 valence electrons. The predicted octanol–water partition coefficient (Wildman–Crippen LogP) is 3.34. The Morgan fingerprint density at radius 3 is 2.47 bits per heavy atom. The van der Waals surface area contributed by atoms with E-state index in [-0.39, 0.29) is 11.9 Å². The molecule has 1 fully saturated rings. The van der Waals surface area contributed by atoms with Gasteiger partial charge in [-0.15, -0.1) is 11.6 Å². The Morgan fingerprint density at radius 2 is 1.89 bits per heavy atom. The molecule has 1 unspecified atom stereocenters. The van der Waals surface area contributed by atoms with Crippen molar-refractivity contribution >= 4 is 17.5 Å². The second kappa shape index (κ2) is 5.82. The summed E-state index contributed by atoms with van der Waals surface area (Å²) in [6.07, 6.45) is 2.40. The molecule has 1 amide bonds. The van der Waals surface area contributed by atoms with Crippen LogP contribution < -0.4 is 0 Å². The highest BCUT2D eigenvalue weighted by molar-refractivity contribution is 6.18. The van der Waals surface area contributed by atoms with E-state index in [9.17, 15) is 18.0 Å². The number of carbonyl (C=O) groups is 1. The monoisotopic (exact) mass is 291 g/mol. The van der Waals surface area contributed by atoms with Crippen LogP contribution in [0.1, 0.15) is 29.6 Å². The molecule has 2 nitrogen and oxygen atoms in total. The Kier molecular flexibility index (Phi) is 4.34. The molecule has 0 saturated carbocycles. The van der Waals surface area contributed by atoms with Gasteiger partial charge in [0.2, 0.25) is 0 Å². The molecule has 1 heterocycles. The summed E-state index contributed by atoms with van der Waals surface area (Å²) in [5, 5.41) is 0. The smallest absolute Gasteiger partial charge is 0.260 e. The third kappa shape index (κ3) is 2.86. The zero-order valence-corrected chi connectivity index (χ0v) is 10.9. The Bertz CT molecular complexity index is 472. The first-order valence-corrected chi connectivity index (χ1v) is 6.59. The summed E-state index contributed by atoms with van der Waals surface area (Å²) >= 11 is 5.77. The zero-order valence-electron chi connectivity index (χ0n) is 10.1. The molecule has 1 aliphatic rings. The topological polar surface area (TPSA) is 20.3 Å². The molecule has 0 aromatic heterocycles. The van der Waals surface area contributed by atoms with Crippen LogP contribution in [-0.4, -0.2) is 29.3 Å². The van der Waals surface area contributed by atoms with Gasteiger partial charge in [0, 0.05) is 30.6 Å². The van der Waals surface area contributed by atoms with Gasteiger partial charge in [0.15, 0.2) is 0 Å². The second-order valence-electron chi connectivity index (χ2n) is 4.55. The largest absolute Gasteiger partial charge is 0.334 e. The Hall–Kier alpha value is -1.23. The lowest BCUT2D eigenvalue weighted by Crippen LogP contribution is -2.45. The molecule has 1 saturated heterocycles. The van der Waals surface area contributed by atoms with Crippen LogP contribution in [0, 0.1) is 17.5 Å². The van der Waals surface area contributed by atoms with Crippen molar-refractivity contribution in [3.05, 3.63) is 35.1 Å². The lowest BCUT2D eigenvalue weighted by molar-refractivity contribution is 0.0629. The molecular weight excluding hydrogens is 279 g/mol. The maximum absolute atomic E-state index is 13.6. The van der Waals surface area contributed by atoms with Crippen LogP contribution in [0.15, 0.2) is 12.1 Å². The summed E-state index contributed by atoms with van der Waals surface area (Å²) in [5.74, 6) is -3.95. The first kappa shape index (κ1) is 14.2. The van der Waals surface area contributed by atoms with E-state index in [1.807, 2.05) is 0 Å². The highest BCUT2D eigenvalue weighted by atomic mass is 35.5. The van der Waals surface area contributed by atoms with Gasteiger partial charge in [0.05, 0.1) is 0 Å². The molecule has 1 atom stereocenters. The summed E-state index contributed by atoms with van der Waals surface area (Å²) in [7, 11) is 0. The fourth-order valence-electron chi connectivity index (χ4n) is 2.32. The molecule has 1 aliphatic heterocycles. The van der Waals surface area contributed by atoms with Gasteiger partial charge in [-0.1, -0.05) is 0 Å². The van der Waals surface area contributed by atoms with Crippen molar-refractivity contribution in [2.45, 2.75) is 25.3 Å². The van der Waals surface area contributed by atoms with Gasteiger partial charge in [0.1, 0.15) is 23.0 Å². The number of halogens is 4. The number of hydrogen-bond acceptors (Lipinski definition) is 1. The van der Waals surface area contributed by atoms with E-state index >= 15 is 0 Å². The highest BCUT2D eigenvalue weighted by Gasteiger charge is 2.30. The van der Waals surface area contributed by atoms with Crippen molar-refractivity contribution in [1.82, 2.24) is 4.90 Å². The van der Waals surface area contributed by atoms with Crippen LogP contribution >= 0.6 is 11.6 Å². The molecular formula is C13H13ClF3NO. The summed E-state index contributed by atoms with van der Waals surface area (Å²) in [6, 6.07) is 0.790. The summed E-state index contributed by atoms with van der Waals surface area (Å²) in [4.78, 5) is 13.6. The Balaban J connectivity index is 2.33. The van der Waals surface area contributed by atoms with Crippen molar-refractivity contribution in [3.8, 4) is 0 Å². The van der Waals surface area contributed by atoms with Crippen LogP contribution in [-0.2, 0) is 0 Å². The van der Waals surface area contributed by atoms with Crippen molar-refractivity contribution in [2.24, 2.45) is 0 Å². The van der Waals surface area contributed by atoms with E-state index in [0.717, 1.165) is 12.8 Å². The fourth-order valence-corrected chi connectivity index (χ4v) is 2.64. The first-order valence-electron chi connectivity index (χ1n) is 6.06. The van der Waals surface area contributed by atoms with E-state index in [1.54, 1.807) is 0 Å². The number of likely N-dealkylation sites (tertiary alicyclic amines) is 1. The van der Waals surface area contributed by atoms with E-state index in [0.29, 0.717) is 25.1 Å². The molecule has 6 heteroatoms. The fraction of sp³-hybridized carbons (Fsp3) is 0.462. The predicted molar refractivity (Wildman–Crippen MR) is 65.7 cm³/mol. The van der Waals surface area contributed by atoms with Gasteiger partial charge in [-0.05, 0) is 19.3 Å². The quantitative estimate of drug-likeness (QED) is 0.765. The van der Waals surface area contributed by atoms with Gasteiger partial charge in [-0.25, -0.2) is 13.2 Å². The van der Waals surface area contributed by atoms with Gasteiger partial charge in [0.25, 0.3) is 5.91 Å². The Labute approximate surface area is 114 Å². The molecule has 0 bridgehead atoms. The molecule has 19 heavy (non-hydrogen) atoms. The first-order chi connectivity index (χ1) is 9.04. The number of hydrogen-bond donors (Lipinski definition) is 0. The summed E-state index contributed by atoms with van der Waals surface area (Å²) in [5.41, 5.74) is -0.710. The maximum Gasteiger partial charge on any atom is 0.260 e. The maximum atomic E-state index is 13.6. The highest BCUT2D eigenvalue weighted by Crippen LogP contribution is 2.23. The lowest BCUT2D eigenvalue weighted by atomic mass is 10.0. The minimum absolute atomic E-state index is 0.218. The number of carbonyl (C=O) groups excluding carboxylic acids is 1. The zero-order chi connectivity index (χ0) is 14.0. The van der Waals surface area contributed by atoms with Crippen molar-refractivity contribution in [2.75, 3.05) is 12.4 Å². The second-order valence-corrected chi connectivity index (χ2v) is 4.86. The lowest BCUT2D eigenvalue weighted by Gasteiger charge is -2.34. The van der Waals surface area contributed by atoms with Crippen LogP contribution in [0.5, 0.6) is 0 Å². The van der Waals surface area contributed by atoms with Crippen LogP contribution in [0.25, 0.3) is 0 Å². The minimum Gasteiger partial charge on any atom is -0.334 e. The minimum atomic E-state index is -1.18. The van der Waals surface area contributed by atoms with Crippen molar-refractivity contribution in [1.29, 1.82) is 0 Å². The van der Waals surface area contributed by atoms with Crippen molar-refractivity contribution in [3.63, 3.8) is 0 Å². The molecule has 0 spiro atoms. The van der Waals surface area contributed by atoms with Crippen molar-refractivity contribution < 1.29 is 18.0 Å². The number of benzene rings is 1. The van der Waals surface area contributed by atoms with E-state index in [1.165, 1.54) is 4.90 Å². The molecule has 1 aromatic carbocycles. The average Bonchev–Trinajstić information content (AvgIpc) is 2.37. The number of amides is 1. The van der Waals surface area contributed by atoms with Crippen LogP contribution in [0.2, 0.25) is 0 Å². The van der Waals surface area contributed by atoms with Gasteiger partial charge < -0.3 is 4.90 Å². The van der Waals surface area contributed by atoms with E-state index in [4.69, 9.17) is 11.6 Å². The third-order valence-corrected chi connectivity index (χ3v) is 3.64. The number of alkyl halides is 1. The number of piperidine rings is 1. The molecule has 0 radical (unpaired) electrons. The summed E-state index contributed by atoms with van der Waals surface area (Å²) in [6.45, 7) is 0.409. The van der Waals surface area contributed by atoms with Crippen LogP contribution in [0.3, 0.4) is 0 Å². The van der Waals surface area contributed by atoms with Gasteiger partial charge in [-0.2, -0.15) is 0 Å². The molecule has 0 aliphatic carbocycles. The average molecular weight is 292 g/mol. The molecule has 2 rings (SSSR count). The van der Waals surface area contributed by atoms with Gasteiger partial charge in [-0.3, -0.25) is 4.79 Å². The Morgan fingerprint density at radius 1 is 1.26 bits per heavy atom. The van der Waals surface area contributed by atoms with E-state index < -0.39 is 28.9 Å². The standard InChI is InChI=1S/C13H13ClF3NO/c14-7-9-3-1-2-4-18(9)13(19)12-10(16)5-8(15)6-11(12)17/h5-6,9H,1-4,7H2.